The number of carbonyl (C=O) groups is 2. The van der Waals surface area contributed by atoms with Gasteiger partial charge in [0.1, 0.15) is 11.5 Å². The van der Waals surface area contributed by atoms with E-state index in [4.69, 9.17) is 9.47 Å². The van der Waals surface area contributed by atoms with Gasteiger partial charge in [0.15, 0.2) is 6.10 Å². The summed E-state index contributed by atoms with van der Waals surface area (Å²) in [6, 6.07) is 10.3. The lowest BCUT2D eigenvalue weighted by atomic mass is 10.3. The molecule has 0 bridgehead atoms. The number of ether oxygens (including phenoxy) is 2. The normalized spacial score (nSPS) is 11.4. The van der Waals surface area contributed by atoms with Crippen molar-refractivity contribution in [3.63, 3.8) is 0 Å². The fraction of sp³-hybridized carbons (Fsp3) is 0.200. The molecule has 0 saturated heterocycles. The Morgan fingerprint density at radius 1 is 1.09 bits per heavy atom. The van der Waals surface area contributed by atoms with Gasteiger partial charge in [0, 0.05) is 0 Å². The molecule has 6 nitrogen and oxygen atoms in total. The Morgan fingerprint density at radius 3 is 2.36 bits per heavy atom. The zero-order chi connectivity index (χ0) is 15.9. The highest BCUT2D eigenvalue weighted by molar-refractivity contribution is 7.12. The second-order valence-electron chi connectivity index (χ2n) is 4.36. The maximum atomic E-state index is 11.9. The Morgan fingerprint density at radius 2 is 1.77 bits per heavy atom. The van der Waals surface area contributed by atoms with Crippen molar-refractivity contribution in [3.05, 3.63) is 46.7 Å². The number of thiophene rings is 1. The van der Waals surface area contributed by atoms with Crippen molar-refractivity contribution in [1.82, 2.24) is 10.9 Å². The predicted octanol–water partition coefficient (Wildman–Crippen LogP) is 1.99. The molecular formula is C15H16N2O4S. The summed E-state index contributed by atoms with van der Waals surface area (Å²) in [5.74, 6) is 0.432. The summed E-state index contributed by atoms with van der Waals surface area (Å²) in [5, 5.41) is 1.78. The van der Waals surface area contributed by atoms with E-state index in [1.807, 2.05) is 0 Å². The molecule has 2 rings (SSSR count). The van der Waals surface area contributed by atoms with Gasteiger partial charge in [-0.2, -0.15) is 0 Å². The van der Waals surface area contributed by atoms with E-state index in [0.717, 1.165) is 0 Å². The summed E-state index contributed by atoms with van der Waals surface area (Å²) in [7, 11) is 1.57. The molecule has 2 amide bonds. The molecule has 1 aromatic carbocycles. The SMILES string of the molecule is COc1ccc(OC(C)C(=O)NNC(=O)c2cccs2)cc1. The Kier molecular flexibility index (Phi) is 5.37. The minimum Gasteiger partial charge on any atom is -0.497 e. The van der Waals surface area contributed by atoms with Crippen LogP contribution in [-0.2, 0) is 4.79 Å². The zero-order valence-corrected chi connectivity index (χ0v) is 13.0. The molecular weight excluding hydrogens is 304 g/mol. The van der Waals surface area contributed by atoms with Crippen LogP contribution in [0.15, 0.2) is 41.8 Å². The molecule has 0 aliphatic rings. The van der Waals surface area contributed by atoms with Crippen LogP contribution in [0.5, 0.6) is 11.5 Å². The van der Waals surface area contributed by atoms with Gasteiger partial charge in [0.25, 0.3) is 11.8 Å². The van der Waals surface area contributed by atoms with Crippen molar-refractivity contribution in [3.8, 4) is 11.5 Å². The number of nitrogens with one attached hydrogen (secondary N) is 2. The fourth-order valence-corrected chi connectivity index (χ4v) is 2.22. The molecule has 7 heteroatoms. The third kappa shape index (κ3) is 4.23. The number of rotatable bonds is 5. The van der Waals surface area contributed by atoms with Crippen LogP contribution in [0.1, 0.15) is 16.6 Å². The van der Waals surface area contributed by atoms with Gasteiger partial charge in [-0.05, 0) is 42.6 Å². The highest BCUT2D eigenvalue weighted by Gasteiger charge is 2.16. The fourth-order valence-electron chi connectivity index (χ4n) is 1.60. The molecule has 2 aromatic rings. The monoisotopic (exact) mass is 320 g/mol. The summed E-state index contributed by atoms with van der Waals surface area (Å²) in [5.41, 5.74) is 4.67. The van der Waals surface area contributed by atoms with Crippen LogP contribution in [0, 0.1) is 0 Å². The van der Waals surface area contributed by atoms with Gasteiger partial charge >= 0.3 is 0 Å². The summed E-state index contributed by atoms with van der Waals surface area (Å²) in [6.45, 7) is 1.59. The first kappa shape index (κ1) is 15.8. The molecule has 22 heavy (non-hydrogen) atoms. The Hall–Kier alpha value is -2.54. The van der Waals surface area contributed by atoms with Gasteiger partial charge < -0.3 is 9.47 Å². The third-order valence-electron chi connectivity index (χ3n) is 2.79. The molecule has 2 N–H and O–H groups in total. The van der Waals surface area contributed by atoms with Crippen LogP contribution < -0.4 is 20.3 Å². The molecule has 0 saturated carbocycles. The largest absolute Gasteiger partial charge is 0.497 e. The standard InChI is InChI=1S/C15H16N2O4S/c1-10(21-12-7-5-11(20-2)6-8-12)14(18)16-17-15(19)13-4-3-9-22-13/h3-10H,1-2H3,(H,16,18)(H,17,19). The molecule has 1 heterocycles. The van der Waals surface area contributed by atoms with Crippen LogP contribution in [-0.4, -0.2) is 25.0 Å². The van der Waals surface area contributed by atoms with Crippen molar-refractivity contribution >= 4 is 23.2 Å². The highest BCUT2D eigenvalue weighted by atomic mass is 32.1. The lowest BCUT2D eigenvalue weighted by Crippen LogP contribution is -2.47. The molecule has 0 radical (unpaired) electrons. The zero-order valence-electron chi connectivity index (χ0n) is 12.2. The van der Waals surface area contributed by atoms with E-state index in [0.29, 0.717) is 16.4 Å². The van der Waals surface area contributed by atoms with E-state index in [-0.39, 0.29) is 5.91 Å². The van der Waals surface area contributed by atoms with Gasteiger partial charge in [-0.3, -0.25) is 20.4 Å². The van der Waals surface area contributed by atoms with Crippen molar-refractivity contribution in [2.75, 3.05) is 7.11 Å². The average Bonchev–Trinajstić information content (AvgIpc) is 3.07. The number of benzene rings is 1. The number of hydrogen-bond acceptors (Lipinski definition) is 5. The molecule has 0 fully saturated rings. The van der Waals surface area contributed by atoms with Crippen LogP contribution in [0.3, 0.4) is 0 Å². The first-order valence-corrected chi connectivity index (χ1v) is 7.42. The Balaban J connectivity index is 1.82. The van der Waals surface area contributed by atoms with Crippen molar-refractivity contribution in [1.29, 1.82) is 0 Å². The Labute approximate surface area is 132 Å². The second-order valence-corrected chi connectivity index (χ2v) is 5.30. The smallest absolute Gasteiger partial charge is 0.279 e. The first-order valence-electron chi connectivity index (χ1n) is 6.54. The minimum absolute atomic E-state index is 0.361. The van der Waals surface area contributed by atoms with E-state index >= 15 is 0 Å². The second kappa shape index (κ2) is 7.46. The molecule has 116 valence electrons. The number of hydrogen-bond donors (Lipinski definition) is 2. The molecule has 0 spiro atoms. The maximum absolute atomic E-state index is 11.9. The van der Waals surface area contributed by atoms with Crippen LogP contribution in [0.25, 0.3) is 0 Å². The first-order chi connectivity index (χ1) is 10.6. The highest BCUT2D eigenvalue weighted by Crippen LogP contribution is 2.18. The number of hydrazine groups is 1. The van der Waals surface area contributed by atoms with Crippen LogP contribution in [0.2, 0.25) is 0 Å². The molecule has 1 unspecified atom stereocenters. The van der Waals surface area contributed by atoms with Crippen molar-refractivity contribution < 1.29 is 19.1 Å². The summed E-state index contributed by atoms with van der Waals surface area (Å²) in [6.07, 6.45) is -0.753. The van der Waals surface area contributed by atoms with Crippen molar-refractivity contribution in [2.24, 2.45) is 0 Å². The van der Waals surface area contributed by atoms with Gasteiger partial charge in [-0.15, -0.1) is 11.3 Å². The van der Waals surface area contributed by atoms with Crippen molar-refractivity contribution in [2.45, 2.75) is 13.0 Å². The van der Waals surface area contributed by atoms with E-state index in [9.17, 15) is 9.59 Å². The minimum atomic E-state index is -0.753. The summed E-state index contributed by atoms with van der Waals surface area (Å²) in [4.78, 5) is 24.1. The lowest BCUT2D eigenvalue weighted by molar-refractivity contribution is -0.128. The molecule has 0 aliphatic carbocycles. The van der Waals surface area contributed by atoms with E-state index < -0.39 is 12.0 Å². The van der Waals surface area contributed by atoms with Crippen LogP contribution >= 0.6 is 11.3 Å². The Bertz CT molecular complexity index is 626. The lowest BCUT2D eigenvalue weighted by Gasteiger charge is -2.15. The predicted molar refractivity (Wildman–Crippen MR) is 83.0 cm³/mol. The maximum Gasteiger partial charge on any atom is 0.279 e. The molecule has 0 aliphatic heterocycles. The van der Waals surface area contributed by atoms with Gasteiger partial charge in [0.05, 0.1) is 12.0 Å². The average molecular weight is 320 g/mol. The molecule has 1 atom stereocenters. The van der Waals surface area contributed by atoms with Crippen LogP contribution in [0.4, 0.5) is 0 Å². The topological polar surface area (TPSA) is 76.7 Å². The van der Waals surface area contributed by atoms with E-state index in [1.54, 1.807) is 55.8 Å². The third-order valence-corrected chi connectivity index (χ3v) is 3.65. The summed E-state index contributed by atoms with van der Waals surface area (Å²) >= 11 is 1.29. The van der Waals surface area contributed by atoms with Gasteiger partial charge in [-0.25, -0.2) is 0 Å². The van der Waals surface area contributed by atoms with E-state index in [2.05, 4.69) is 10.9 Å². The molecule has 1 aromatic heterocycles. The quantitative estimate of drug-likeness (QED) is 0.826. The van der Waals surface area contributed by atoms with Gasteiger partial charge in [0.2, 0.25) is 0 Å². The van der Waals surface area contributed by atoms with E-state index in [1.165, 1.54) is 11.3 Å². The summed E-state index contributed by atoms with van der Waals surface area (Å²) < 4.78 is 10.5. The van der Waals surface area contributed by atoms with Gasteiger partial charge in [-0.1, -0.05) is 6.07 Å². The number of carbonyl (C=O) groups excluding carboxylic acids is 2. The number of amides is 2. The number of methoxy groups -OCH3 is 1.